The summed E-state index contributed by atoms with van der Waals surface area (Å²) in [6.07, 6.45) is 0.652. The van der Waals surface area contributed by atoms with Crippen molar-refractivity contribution >= 4 is 11.9 Å². The standard InChI is InChI=1S/C15H19NO2/c1-5-15(4)14(17)18-13(16-15)12-8-6-11(7-9-12)10(2)3/h6-10H,5H2,1-4H3. The van der Waals surface area contributed by atoms with Crippen LogP contribution in [0.15, 0.2) is 29.3 Å². The van der Waals surface area contributed by atoms with Crippen molar-refractivity contribution in [3.63, 3.8) is 0 Å². The Morgan fingerprint density at radius 3 is 2.33 bits per heavy atom. The Morgan fingerprint density at radius 1 is 1.28 bits per heavy atom. The molecule has 1 heterocycles. The smallest absolute Gasteiger partial charge is 0.340 e. The van der Waals surface area contributed by atoms with Crippen LogP contribution in [0.25, 0.3) is 0 Å². The van der Waals surface area contributed by atoms with Crippen LogP contribution in [-0.4, -0.2) is 17.4 Å². The first-order valence-electron chi connectivity index (χ1n) is 6.38. The van der Waals surface area contributed by atoms with E-state index in [1.165, 1.54) is 5.56 Å². The van der Waals surface area contributed by atoms with Crippen LogP contribution >= 0.6 is 0 Å². The molecule has 0 aliphatic carbocycles. The number of carbonyl (C=O) groups is 1. The van der Waals surface area contributed by atoms with Crippen LogP contribution < -0.4 is 0 Å². The number of carbonyl (C=O) groups excluding carboxylic acids is 1. The number of hydrogen-bond acceptors (Lipinski definition) is 3. The van der Waals surface area contributed by atoms with Crippen LogP contribution in [0.4, 0.5) is 0 Å². The number of ether oxygens (including phenoxy) is 1. The van der Waals surface area contributed by atoms with E-state index >= 15 is 0 Å². The lowest BCUT2D eigenvalue weighted by Gasteiger charge is -2.11. The van der Waals surface area contributed by atoms with Gasteiger partial charge in [0.15, 0.2) is 5.54 Å². The Hall–Kier alpha value is -1.64. The van der Waals surface area contributed by atoms with Gasteiger partial charge in [0, 0.05) is 5.56 Å². The van der Waals surface area contributed by atoms with Crippen LogP contribution in [0.2, 0.25) is 0 Å². The molecule has 0 amide bonds. The van der Waals surface area contributed by atoms with Gasteiger partial charge in [-0.25, -0.2) is 9.79 Å². The first-order chi connectivity index (χ1) is 8.46. The number of nitrogens with zero attached hydrogens (tertiary/aromatic N) is 1. The molecule has 96 valence electrons. The van der Waals surface area contributed by atoms with Crippen LogP contribution in [0, 0.1) is 0 Å². The van der Waals surface area contributed by atoms with Crippen molar-refractivity contribution in [2.75, 3.05) is 0 Å². The maximum Gasteiger partial charge on any atom is 0.340 e. The van der Waals surface area contributed by atoms with Crippen LogP contribution in [0.1, 0.15) is 51.2 Å². The molecule has 0 aromatic heterocycles. The van der Waals surface area contributed by atoms with Crippen LogP contribution in [0.3, 0.4) is 0 Å². The second kappa shape index (κ2) is 4.56. The highest BCUT2D eigenvalue weighted by atomic mass is 16.6. The molecule has 0 bridgehead atoms. The molecule has 0 radical (unpaired) electrons. The quantitative estimate of drug-likeness (QED) is 0.766. The number of rotatable bonds is 3. The molecule has 1 atom stereocenters. The highest BCUT2D eigenvalue weighted by Crippen LogP contribution is 2.26. The van der Waals surface area contributed by atoms with E-state index in [2.05, 4.69) is 31.0 Å². The number of cyclic esters (lactones) is 1. The highest BCUT2D eigenvalue weighted by Gasteiger charge is 2.40. The Balaban J connectivity index is 2.28. The van der Waals surface area contributed by atoms with Gasteiger partial charge in [0.2, 0.25) is 5.90 Å². The molecular formula is C15H19NO2. The van der Waals surface area contributed by atoms with E-state index in [1.54, 1.807) is 0 Å². The van der Waals surface area contributed by atoms with Crippen molar-refractivity contribution in [2.45, 2.75) is 45.6 Å². The van der Waals surface area contributed by atoms with Gasteiger partial charge < -0.3 is 4.74 Å². The van der Waals surface area contributed by atoms with Crippen molar-refractivity contribution in [3.05, 3.63) is 35.4 Å². The van der Waals surface area contributed by atoms with Gasteiger partial charge in [-0.3, -0.25) is 0 Å². The summed E-state index contributed by atoms with van der Waals surface area (Å²) in [5, 5.41) is 0. The van der Waals surface area contributed by atoms with E-state index in [1.807, 2.05) is 26.0 Å². The summed E-state index contributed by atoms with van der Waals surface area (Å²) in [5.41, 5.74) is 1.42. The van der Waals surface area contributed by atoms with Gasteiger partial charge in [-0.05, 0) is 37.0 Å². The fourth-order valence-corrected chi connectivity index (χ4v) is 1.85. The zero-order chi connectivity index (χ0) is 13.3. The minimum absolute atomic E-state index is 0.257. The van der Waals surface area contributed by atoms with Crippen molar-refractivity contribution in [3.8, 4) is 0 Å². The highest BCUT2D eigenvalue weighted by molar-refractivity contribution is 6.07. The maximum atomic E-state index is 11.7. The SMILES string of the molecule is CCC1(C)N=C(c2ccc(C(C)C)cc2)OC1=O. The molecular weight excluding hydrogens is 226 g/mol. The molecule has 2 rings (SSSR count). The molecule has 0 saturated carbocycles. The lowest BCUT2D eigenvalue weighted by molar-refractivity contribution is -0.138. The monoisotopic (exact) mass is 245 g/mol. The number of aliphatic imine (C=N–C) groups is 1. The molecule has 3 heteroatoms. The third-order valence-corrected chi connectivity index (χ3v) is 3.49. The Bertz CT molecular complexity index is 488. The van der Waals surface area contributed by atoms with Crippen molar-refractivity contribution < 1.29 is 9.53 Å². The molecule has 0 fully saturated rings. The molecule has 0 saturated heterocycles. The summed E-state index contributed by atoms with van der Waals surface area (Å²) >= 11 is 0. The van der Waals surface area contributed by atoms with Crippen LogP contribution in [0.5, 0.6) is 0 Å². The summed E-state index contributed by atoms with van der Waals surface area (Å²) in [6, 6.07) is 8.03. The van der Waals surface area contributed by atoms with E-state index in [9.17, 15) is 4.79 Å². The average Bonchev–Trinajstić information content (AvgIpc) is 2.67. The maximum absolute atomic E-state index is 11.7. The van der Waals surface area contributed by atoms with Gasteiger partial charge in [0.05, 0.1) is 0 Å². The first-order valence-corrected chi connectivity index (χ1v) is 6.38. The first kappa shape index (κ1) is 12.8. The third kappa shape index (κ3) is 2.17. The minimum atomic E-state index is -0.716. The summed E-state index contributed by atoms with van der Waals surface area (Å²) in [6.45, 7) is 8.05. The lowest BCUT2D eigenvalue weighted by atomic mass is 10.0. The van der Waals surface area contributed by atoms with Crippen molar-refractivity contribution in [1.29, 1.82) is 0 Å². The van der Waals surface area contributed by atoms with Gasteiger partial charge in [-0.1, -0.05) is 32.9 Å². The molecule has 18 heavy (non-hydrogen) atoms. The van der Waals surface area contributed by atoms with E-state index in [4.69, 9.17) is 4.74 Å². The molecule has 3 nitrogen and oxygen atoms in total. The molecule has 1 aromatic rings. The van der Waals surface area contributed by atoms with Crippen molar-refractivity contribution in [2.24, 2.45) is 4.99 Å². The second-order valence-corrected chi connectivity index (χ2v) is 5.21. The Morgan fingerprint density at radius 2 is 1.89 bits per heavy atom. The van der Waals surface area contributed by atoms with E-state index in [0.717, 1.165) is 5.56 Å². The van der Waals surface area contributed by atoms with E-state index in [-0.39, 0.29) is 5.97 Å². The lowest BCUT2D eigenvalue weighted by Crippen LogP contribution is -2.28. The Labute approximate surface area is 108 Å². The van der Waals surface area contributed by atoms with Crippen LogP contribution in [-0.2, 0) is 9.53 Å². The molecule has 0 spiro atoms. The zero-order valence-electron chi connectivity index (χ0n) is 11.4. The van der Waals surface area contributed by atoms with Gasteiger partial charge in [-0.15, -0.1) is 0 Å². The van der Waals surface area contributed by atoms with E-state index < -0.39 is 5.54 Å². The predicted molar refractivity (Wildman–Crippen MR) is 71.9 cm³/mol. The van der Waals surface area contributed by atoms with Gasteiger partial charge in [0.1, 0.15) is 0 Å². The minimum Gasteiger partial charge on any atom is -0.405 e. The van der Waals surface area contributed by atoms with Gasteiger partial charge in [0.25, 0.3) is 0 Å². The molecule has 1 unspecified atom stereocenters. The number of hydrogen-bond donors (Lipinski definition) is 0. The third-order valence-electron chi connectivity index (χ3n) is 3.49. The normalized spacial score (nSPS) is 23.2. The van der Waals surface area contributed by atoms with Gasteiger partial charge in [-0.2, -0.15) is 0 Å². The predicted octanol–water partition coefficient (Wildman–Crippen LogP) is 3.28. The second-order valence-electron chi connectivity index (χ2n) is 5.21. The molecule has 1 aliphatic rings. The van der Waals surface area contributed by atoms with E-state index in [0.29, 0.717) is 18.2 Å². The number of benzene rings is 1. The molecule has 1 aliphatic heterocycles. The van der Waals surface area contributed by atoms with Gasteiger partial charge >= 0.3 is 5.97 Å². The molecule has 1 aromatic carbocycles. The Kier molecular flexibility index (Phi) is 3.24. The van der Waals surface area contributed by atoms with Crippen molar-refractivity contribution in [1.82, 2.24) is 0 Å². The fourth-order valence-electron chi connectivity index (χ4n) is 1.85. The number of esters is 1. The summed E-state index contributed by atoms with van der Waals surface area (Å²) in [5.74, 6) is 0.681. The fraction of sp³-hybridized carbons (Fsp3) is 0.467. The average molecular weight is 245 g/mol. The topological polar surface area (TPSA) is 38.7 Å². The summed E-state index contributed by atoms with van der Waals surface area (Å²) < 4.78 is 5.27. The summed E-state index contributed by atoms with van der Waals surface area (Å²) in [4.78, 5) is 16.2. The largest absolute Gasteiger partial charge is 0.405 e. The summed E-state index contributed by atoms with van der Waals surface area (Å²) in [7, 11) is 0. The molecule has 0 N–H and O–H groups in total. The zero-order valence-corrected chi connectivity index (χ0v) is 11.4.